The monoisotopic (exact) mass is 368 g/mol. The van der Waals surface area contributed by atoms with Gasteiger partial charge >= 0.3 is 0 Å². The normalized spacial score (nSPS) is 15.4. The van der Waals surface area contributed by atoms with Gasteiger partial charge in [-0.1, -0.05) is 19.1 Å². The summed E-state index contributed by atoms with van der Waals surface area (Å²) in [5.74, 6) is 0.402. The van der Waals surface area contributed by atoms with Crippen molar-refractivity contribution < 1.29 is 9.72 Å². The van der Waals surface area contributed by atoms with Crippen LogP contribution in [0.25, 0.3) is 0 Å². The van der Waals surface area contributed by atoms with Crippen molar-refractivity contribution in [3.63, 3.8) is 0 Å². The molecule has 27 heavy (non-hydrogen) atoms. The van der Waals surface area contributed by atoms with Gasteiger partial charge in [-0.2, -0.15) is 0 Å². The first-order chi connectivity index (χ1) is 12.9. The molecule has 142 valence electrons. The number of amides is 1. The number of nitrogens with two attached hydrogens (primary N) is 1. The Morgan fingerprint density at radius 2 is 1.89 bits per heavy atom. The molecule has 0 radical (unpaired) electrons. The van der Waals surface area contributed by atoms with Crippen molar-refractivity contribution in [3.8, 4) is 0 Å². The van der Waals surface area contributed by atoms with Crippen LogP contribution >= 0.6 is 0 Å². The molecule has 0 saturated carbocycles. The number of nitrogens with one attached hydrogen (secondary N) is 1. The summed E-state index contributed by atoms with van der Waals surface area (Å²) in [6.45, 7) is 5.45. The van der Waals surface area contributed by atoms with E-state index < -0.39 is 10.8 Å². The number of benzene rings is 2. The van der Waals surface area contributed by atoms with Gasteiger partial charge in [0.25, 0.3) is 11.6 Å². The maximum Gasteiger partial charge on any atom is 0.292 e. The molecule has 2 aromatic rings. The van der Waals surface area contributed by atoms with Crippen molar-refractivity contribution in [3.05, 3.63) is 63.7 Å². The number of nitrogens with zero attached hydrogens (tertiary/aromatic N) is 2. The van der Waals surface area contributed by atoms with Gasteiger partial charge in [0.1, 0.15) is 5.69 Å². The van der Waals surface area contributed by atoms with Gasteiger partial charge in [-0.15, -0.1) is 0 Å². The predicted octanol–water partition coefficient (Wildman–Crippen LogP) is 3.66. The predicted molar refractivity (Wildman–Crippen MR) is 106 cm³/mol. The number of carbonyl (C=O) groups excluding carboxylic acids is 1. The molecule has 1 fully saturated rings. The summed E-state index contributed by atoms with van der Waals surface area (Å²) >= 11 is 0. The van der Waals surface area contributed by atoms with E-state index in [4.69, 9.17) is 5.73 Å². The van der Waals surface area contributed by atoms with Crippen molar-refractivity contribution in [2.75, 3.05) is 24.1 Å². The summed E-state index contributed by atoms with van der Waals surface area (Å²) in [7, 11) is 0. The second-order valence-electron chi connectivity index (χ2n) is 7.14. The van der Waals surface area contributed by atoms with Crippen LogP contribution in [0.4, 0.5) is 17.1 Å². The van der Waals surface area contributed by atoms with E-state index in [0.29, 0.717) is 5.69 Å². The van der Waals surface area contributed by atoms with E-state index in [1.807, 2.05) is 24.3 Å². The Balaban J connectivity index is 1.62. The zero-order valence-corrected chi connectivity index (χ0v) is 15.4. The van der Waals surface area contributed by atoms with Gasteiger partial charge in [-0.25, -0.2) is 0 Å². The second-order valence-corrected chi connectivity index (χ2v) is 7.14. The van der Waals surface area contributed by atoms with E-state index in [9.17, 15) is 14.9 Å². The van der Waals surface area contributed by atoms with Crippen molar-refractivity contribution in [2.24, 2.45) is 5.92 Å². The fourth-order valence-corrected chi connectivity index (χ4v) is 3.22. The van der Waals surface area contributed by atoms with Crippen LogP contribution in [-0.4, -0.2) is 28.8 Å². The highest BCUT2D eigenvalue weighted by molar-refractivity contribution is 6.05. The fraction of sp³-hybridized carbons (Fsp3) is 0.350. The average Bonchev–Trinajstić information content (AvgIpc) is 2.65. The molecule has 1 saturated heterocycles. The summed E-state index contributed by atoms with van der Waals surface area (Å²) in [5, 5.41) is 13.7. The largest absolute Gasteiger partial charge is 0.393 e. The lowest BCUT2D eigenvalue weighted by Crippen LogP contribution is -2.32. The molecule has 0 unspecified atom stereocenters. The first-order valence-electron chi connectivity index (χ1n) is 9.09. The number of rotatable bonds is 5. The lowest BCUT2D eigenvalue weighted by Gasteiger charge is -2.30. The Labute approximate surface area is 158 Å². The van der Waals surface area contributed by atoms with Crippen molar-refractivity contribution in [1.82, 2.24) is 4.90 Å². The highest BCUT2D eigenvalue weighted by Crippen LogP contribution is 2.23. The van der Waals surface area contributed by atoms with E-state index in [-0.39, 0.29) is 16.9 Å². The van der Waals surface area contributed by atoms with Crippen LogP contribution in [0, 0.1) is 16.0 Å². The summed E-state index contributed by atoms with van der Waals surface area (Å²) in [5.41, 5.74) is 7.38. The SMILES string of the molecule is CC1CCN(Cc2ccc(NC(=O)c3ccc(N)c([N+](=O)[O-])c3)cc2)CC1. The third kappa shape index (κ3) is 4.83. The van der Waals surface area contributed by atoms with Crippen LogP contribution < -0.4 is 11.1 Å². The zero-order valence-electron chi connectivity index (χ0n) is 15.4. The number of anilines is 2. The molecule has 1 heterocycles. The quantitative estimate of drug-likeness (QED) is 0.476. The van der Waals surface area contributed by atoms with Crippen LogP contribution in [0.1, 0.15) is 35.7 Å². The maximum atomic E-state index is 12.3. The van der Waals surface area contributed by atoms with Crippen LogP contribution in [0.3, 0.4) is 0 Å². The minimum absolute atomic E-state index is 0.0352. The molecule has 3 rings (SSSR count). The topological polar surface area (TPSA) is 102 Å². The maximum absolute atomic E-state index is 12.3. The Bertz CT molecular complexity index is 828. The molecule has 0 aliphatic carbocycles. The number of piperidine rings is 1. The van der Waals surface area contributed by atoms with Crippen molar-refractivity contribution in [1.29, 1.82) is 0 Å². The van der Waals surface area contributed by atoms with Crippen LogP contribution in [-0.2, 0) is 6.54 Å². The number of nitrogen functional groups attached to an aromatic ring is 1. The van der Waals surface area contributed by atoms with E-state index in [0.717, 1.165) is 25.6 Å². The number of hydrogen-bond donors (Lipinski definition) is 2. The van der Waals surface area contributed by atoms with Crippen LogP contribution in [0.2, 0.25) is 0 Å². The number of nitro groups is 1. The molecular weight excluding hydrogens is 344 g/mol. The molecule has 1 aliphatic rings. The lowest BCUT2D eigenvalue weighted by molar-refractivity contribution is -0.383. The smallest absolute Gasteiger partial charge is 0.292 e. The molecule has 3 N–H and O–H groups in total. The summed E-state index contributed by atoms with van der Waals surface area (Å²) < 4.78 is 0. The van der Waals surface area contributed by atoms with E-state index in [2.05, 4.69) is 17.1 Å². The number of hydrogen-bond acceptors (Lipinski definition) is 5. The van der Waals surface area contributed by atoms with Gasteiger partial charge in [-0.05, 0) is 61.7 Å². The highest BCUT2D eigenvalue weighted by atomic mass is 16.6. The number of nitro benzene ring substituents is 1. The molecule has 0 atom stereocenters. The van der Waals surface area contributed by atoms with Gasteiger partial charge in [0.2, 0.25) is 0 Å². The Kier molecular flexibility index (Phi) is 5.71. The Morgan fingerprint density at radius 1 is 1.22 bits per heavy atom. The highest BCUT2D eigenvalue weighted by Gasteiger charge is 2.17. The molecule has 1 amide bonds. The van der Waals surface area contributed by atoms with Crippen LogP contribution in [0.15, 0.2) is 42.5 Å². The fourth-order valence-electron chi connectivity index (χ4n) is 3.22. The molecular formula is C20H24N4O3. The Morgan fingerprint density at radius 3 is 2.52 bits per heavy atom. The van der Waals surface area contributed by atoms with Crippen LogP contribution in [0.5, 0.6) is 0 Å². The average molecular weight is 368 g/mol. The minimum atomic E-state index is -0.595. The van der Waals surface area contributed by atoms with Gasteiger partial charge in [0.15, 0.2) is 0 Å². The van der Waals surface area contributed by atoms with Crippen molar-refractivity contribution in [2.45, 2.75) is 26.3 Å². The van der Waals surface area contributed by atoms with Gasteiger partial charge in [0, 0.05) is 23.9 Å². The minimum Gasteiger partial charge on any atom is -0.393 e. The zero-order chi connectivity index (χ0) is 19.4. The standard InChI is InChI=1S/C20H24N4O3/c1-14-8-10-23(11-9-14)13-15-2-5-17(6-3-15)22-20(25)16-4-7-18(21)19(12-16)24(26)27/h2-7,12,14H,8-11,13,21H2,1H3,(H,22,25). The molecule has 0 bridgehead atoms. The van der Waals surface area contributed by atoms with Gasteiger partial charge in [0.05, 0.1) is 4.92 Å². The molecule has 2 aromatic carbocycles. The molecule has 7 heteroatoms. The summed E-state index contributed by atoms with van der Waals surface area (Å²) in [6, 6.07) is 11.7. The van der Waals surface area contributed by atoms with Gasteiger partial charge in [-0.3, -0.25) is 19.8 Å². The third-order valence-corrected chi connectivity index (χ3v) is 4.98. The van der Waals surface area contributed by atoms with Gasteiger partial charge < -0.3 is 11.1 Å². The first-order valence-corrected chi connectivity index (χ1v) is 9.09. The van der Waals surface area contributed by atoms with E-state index >= 15 is 0 Å². The second kappa shape index (κ2) is 8.18. The lowest BCUT2D eigenvalue weighted by atomic mass is 9.99. The molecule has 0 spiro atoms. The van der Waals surface area contributed by atoms with E-state index in [1.54, 1.807) is 0 Å². The van der Waals surface area contributed by atoms with Crippen molar-refractivity contribution >= 4 is 23.0 Å². The third-order valence-electron chi connectivity index (χ3n) is 4.98. The molecule has 7 nitrogen and oxygen atoms in total. The number of carbonyl (C=O) groups is 1. The Hall–Kier alpha value is -2.93. The first kappa shape index (κ1) is 18.8. The molecule has 0 aromatic heterocycles. The van der Waals surface area contributed by atoms with E-state index in [1.165, 1.54) is 36.6 Å². The molecule has 1 aliphatic heterocycles. The summed E-state index contributed by atoms with van der Waals surface area (Å²) in [6.07, 6.45) is 2.48. The number of likely N-dealkylation sites (tertiary alicyclic amines) is 1. The summed E-state index contributed by atoms with van der Waals surface area (Å²) in [4.78, 5) is 25.2.